The lowest BCUT2D eigenvalue weighted by molar-refractivity contribution is -0.117. The van der Waals surface area contributed by atoms with Crippen molar-refractivity contribution >= 4 is 17.5 Å². The predicted octanol–water partition coefficient (Wildman–Crippen LogP) is 2.87. The first kappa shape index (κ1) is 14.4. The summed E-state index contributed by atoms with van der Waals surface area (Å²) in [6.07, 6.45) is 3.45. The van der Waals surface area contributed by atoms with E-state index in [0.29, 0.717) is 12.3 Å². The number of carbonyl (C=O) groups excluding carboxylic acids is 2. The average Bonchev–Trinajstić information content (AvgIpc) is 3.27. The summed E-state index contributed by atoms with van der Waals surface area (Å²) < 4.78 is 5.16. The molecular formula is C17H18N2O3. The maximum atomic E-state index is 12.0. The van der Waals surface area contributed by atoms with Crippen LogP contribution in [0.1, 0.15) is 34.5 Å². The molecule has 0 radical (unpaired) electrons. The fourth-order valence-corrected chi connectivity index (χ4v) is 2.22. The highest BCUT2D eigenvalue weighted by molar-refractivity contribution is 5.94. The van der Waals surface area contributed by atoms with Gasteiger partial charge in [-0.3, -0.25) is 9.59 Å². The number of amides is 2. The van der Waals surface area contributed by atoms with Crippen molar-refractivity contribution < 1.29 is 14.0 Å². The van der Waals surface area contributed by atoms with Gasteiger partial charge in [0, 0.05) is 23.7 Å². The number of hydrogen-bond acceptors (Lipinski definition) is 3. The summed E-state index contributed by atoms with van der Waals surface area (Å²) in [5.74, 6) is 0.339. The fraction of sp³-hybridized carbons (Fsp3) is 0.294. The number of anilines is 1. The summed E-state index contributed by atoms with van der Waals surface area (Å²) in [6, 6.07) is 9.24. The number of nitrogens with one attached hydrogen (secondary N) is 2. The third-order valence-corrected chi connectivity index (χ3v) is 3.66. The smallest absolute Gasteiger partial charge is 0.287 e. The van der Waals surface area contributed by atoms with Crippen molar-refractivity contribution in [1.29, 1.82) is 0 Å². The molecule has 1 aromatic heterocycles. The lowest BCUT2D eigenvalue weighted by atomic mass is 10.2. The van der Waals surface area contributed by atoms with Crippen LogP contribution in [0, 0.1) is 12.8 Å². The lowest BCUT2D eigenvalue weighted by Gasteiger charge is -2.08. The molecule has 1 fully saturated rings. The number of aryl methyl sites for hydroxylation is 1. The van der Waals surface area contributed by atoms with Crippen LogP contribution in [0.15, 0.2) is 41.0 Å². The molecule has 2 N–H and O–H groups in total. The molecule has 0 saturated heterocycles. The Kier molecular flexibility index (Phi) is 3.96. The van der Waals surface area contributed by atoms with Crippen LogP contribution in [0.4, 0.5) is 5.69 Å². The molecule has 1 aromatic carbocycles. The molecule has 0 aliphatic heterocycles. The average molecular weight is 298 g/mol. The van der Waals surface area contributed by atoms with E-state index in [2.05, 4.69) is 10.6 Å². The Labute approximate surface area is 128 Å². The van der Waals surface area contributed by atoms with Crippen molar-refractivity contribution in [3.8, 4) is 0 Å². The van der Waals surface area contributed by atoms with E-state index in [4.69, 9.17) is 4.42 Å². The normalized spacial score (nSPS) is 13.7. The highest BCUT2D eigenvalue weighted by Gasteiger charge is 2.29. The van der Waals surface area contributed by atoms with Gasteiger partial charge in [0.2, 0.25) is 5.91 Å². The molecule has 0 bridgehead atoms. The molecule has 22 heavy (non-hydrogen) atoms. The van der Waals surface area contributed by atoms with E-state index in [1.165, 1.54) is 6.26 Å². The third-order valence-electron chi connectivity index (χ3n) is 3.66. The van der Waals surface area contributed by atoms with Crippen molar-refractivity contribution in [2.75, 3.05) is 5.32 Å². The van der Waals surface area contributed by atoms with Gasteiger partial charge in [0.25, 0.3) is 5.91 Å². The molecule has 1 aliphatic carbocycles. The topological polar surface area (TPSA) is 71.3 Å². The minimum absolute atomic E-state index is 0.0763. The zero-order valence-electron chi connectivity index (χ0n) is 12.4. The standard InChI is InChI=1S/C17H18N2O3/c1-11-7-8-22-15(11)17(21)18-10-12-3-2-4-14(9-12)19-16(20)13-5-6-13/h2-4,7-9,13H,5-6,10H2,1H3,(H,18,21)(H,19,20). The Morgan fingerprint density at radius 1 is 1.27 bits per heavy atom. The van der Waals surface area contributed by atoms with Gasteiger partial charge in [-0.1, -0.05) is 12.1 Å². The van der Waals surface area contributed by atoms with Crippen LogP contribution in [0.5, 0.6) is 0 Å². The van der Waals surface area contributed by atoms with Crippen molar-refractivity contribution in [2.24, 2.45) is 5.92 Å². The number of benzene rings is 1. The first-order valence-electron chi connectivity index (χ1n) is 7.35. The second-order valence-corrected chi connectivity index (χ2v) is 5.58. The maximum absolute atomic E-state index is 12.0. The highest BCUT2D eigenvalue weighted by Crippen LogP contribution is 2.30. The van der Waals surface area contributed by atoms with Crippen molar-refractivity contribution in [1.82, 2.24) is 5.32 Å². The second-order valence-electron chi connectivity index (χ2n) is 5.58. The van der Waals surface area contributed by atoms with Gasteiger partial charge in [-0.2, -0.15) is 0 Å². The third kappa shape index (κ3) is 3.36. The molecule has 2 amide bonds. The van der Waals surface area contributed by atoms with E-state index < -0.39 is 0 Å². The highest BCUT2D eigenvalue weighted by atomic mass is 16.3. The maximum Gasteiger partial charge on any atom is 0.287 e. The quantitative estimate of drug-likeness (QED) is 0.891. The van der Waals surface area contributed by atoms with Crippen molar-refractivity contribution in [2.45, 2.75) is 26.3 Å². The second kappa shape index (κ2) is 6.05. The number of furan rings is 1. The summed E-state index contributed by atoms with van der Waals surface area (Å²) >= 11 is 0. The molecule has 3 rings (SSSR count). The molecule has 1 saturated carbocycles. The van der Waals surface area contributed by atoms with Gasteiger partial charge in [-0.15, -0.1) is 0 Å². The van der Waals surface area contributed by atoms with Gasteiger partial charge in [-0.05, 0) is 43.5 Å². The summed E-state index contributed by atoms with van der Waals surface area (Å²) in [5.41, 5.74) is 2.49. The first-order chi connectivity index (χ1) is 10.6. The van der Waals surface area contributed by atoms with E-state index in [9.17, 15) is 9.59 Å². The van der Waals surface area contributed by atoms with Gasteiger partial charge in [0.05, 0.1) is 6.26 Å². The lowest BCUT2D eigenvalue weighted by Crippen LogP contribution is -2.23. The summed E-state index contributed by atoms with van der Waals surface area (Å²) in [4.78, 5) is 23.7. The Morgan fingerprint density at radius 2 is 2.09 bits per heavy atom. The SMILES string of the molecule is Cc1ccoc1C(=O)NCc1cccc(NC(=O)C2CC2)c1. The van der Waals surface area contributed by atoms with E-state index in [1.807, 2.05) is 31.2 Å². The van der Waals surface area contributed by atoms with Crippen LogP contribution in [0.2, 0.25) is 0 Å². The summed E-state index contributed by atoms with van der Waals surface area (Å²) in [5, 5.41) is 5.71. The van der Waals surface area contributed by atoms with Crippen LogP contribution in [0.25, 0.3) is 0 Å². The zero-order chi connectivity index (χ0) is 15.5. The van der Waals surface area contributed by atoms with Gasteiger partial charge >= 0.3 is 0 Å². The van der Waals surface area contributed by atoms with Crippen LogP contribution in [-0.4, -0.2) is 11.8 Å². The Hall–Kier alpha value is -2.56. The molecule has 0 atom stereocenters. The fourth-order valence-electron chi connectivity index (χ4n) is 2.22. The zero-order valence-corrected chi connectivity index (χ0v) is 12.4. The van der Waals surface area contributed by atoms with Crippen molar-refractivity contribution in [3.63, 3.8) is 0 Å². The molecule has 114 valence electrons. The molecule has 5 heteroatoms. The Morgan fingerprint density at radius 3 is 2.77 bits per heavy atom. The summed E-state index contributed by atoms with van der Waals surface area (Å²) in [7, 11) is 0. The molecule has 1 heterocycles. The van der Waals surface area contributed by atoms with E-state index in [-0.39, 0.29) is 17.7 Å². The van der Waals surface area contributed by atoms with Gasteiger partial charge in [0.15, 0.2) is 5.76 Å². The molecule has 1 aliphatic rings. The van der Waals surface area contributed by atoms with Crippen LogP contribution in [-0.2, 0) is 11.3 Å². The Bertz CT molecular complexity index is 701. The van der Waals surface area contributed by atoms with E-state index >= 15 is 0 Å². The van der Waals surface area contributed by atoms with E-state index in [0.717, 1.165) is 29.7 Å². The molecule has 0 spiro atoms. The summed E-state index contributed by atoms with van der Waals surface area (Å²) in [6.45, 7) is 2.21. The molecule has 5 nitrogen and oxygen atoms in total. The van der Waals surface area contributed by atoms with E-state index in [1.54, 1.807) is 6.07 Å². The minimum Gasteiger partial charge on any atom is -0.459 e. The molecular weight excluding hydrogens is 280 g/mol. The first-order valence-corrected chi connectivity index (χ1v) is 7.35. The number of hydrogen-bond donors (Lipinski definition) is 2. The largest absolute Gasteiger partial charge is 0.459 e. The van der Waals surface area contributed by atoms with Gasteiger partial charge in [-0.25, -0.2) is 0 Å². The predicted molar refractivity (Wildman–Crippen MR) is 82.4 cm³/mol. The molecule has 0 unspecified atom stereocenters. The van der Waals surface area contributed by atoms with Crippen LogP contribution in [0.3, 0.4) is 0 Å². The monoisotopic (exact) mass is 298 g/mol. The van der Waals surface area contributed by atoms with Gasteiger partial charge in [0.1, 0.15) is 0 Å². The number of carbonyl (C=O) groups is 2. The van der Waals surface area contributed by atoms with Crippen molar-refractivity contribution in [3.05, 3.63) is 53.5 Å². The molecule has 2 aromatic rings. The minimum atomic E-state index is -0.241. The number of rotatable bonds is 5. The van der Waals surface area contributed by atoms with Crippen LogP contribution >= 0.6 is 0 Å². The Balaban J connectivity index is 1.59. The van der Waals surface area contributed by atoms with Crippen LogP contribution < -0.4 is 10.6 Å². The van der Waals surface area contributed by atoms with Gasteiger partial charge < -0.3 is 15.1 Å².